The molecule has 0 fully saturated rings. The van der Waals surface area contributed by atoms with E-state index in [0.29, 0.717) is 5.57 Å². The molecular formula is C21H21N3O2. The smallest absolute Gasteiger partial charge is 0.338 e. The highest BCUT2D eigenvalue weighted by Gasteiger charge is 2.35. The second-order valence-electron chi connectivity index (χ2n) is 6.37. The molecule has 2 aromatic carbocycles. The Morgan fingerprint density at radius 2 is 1.88 bits per heavy atom. The lowest BCUT2D eigenvalue weighted by atomic mass is 9.93. The standard InChI is InChI=1S/C21H21N3O2/c1-3-9-16-18(20(25)26-2)19(14-10-5-4-6-11-14)24-17-13-8-7-12-15(17)22-21(24)23-16/h4-8,10-13,19H,3,9H2,1-2H3,(H,22,23)/t19-/m0/s1. The summed E-state index contributed by atoms with van der Waals surface area (Å²) < 4.78 is 7.24. The van der Waals surface area contributed by atoms with E-state index >= 15 is 0 Å². The SMILES string of the molecule is CCCC1=C(C(=O)OC)[C@H](c2ccccc2)n2c(nc3ccccc32)N1. The normalized spacial score (nSPS) is 16.3. The van der Waals surface area contributed by atoms with Gasteiger partial charge in [0.1, 0.15) is 0 Å². The number of hydrogen-bond donors (Lipinski definition) is 1. The summed E-state index contributed by atoms with van der Waals surface area (Å²) in [5.41, 5.74) is 4.46. The zero-order valence-corrected chi connectivity index (χ0v) is 14.9. The summed E-state index contributed by atoms with van der Waals surface area (Å²) in [7, 11) is 1.43. The summed E-state index contributed by atoms with van der Waals surface area (Å²) in [6, 6.07) is 17.8. The monoisotopic (exact) mass is 347 g/mol. The molecule has 0 radical (unpaired) electrons. The maximum absolute atomic E-state index is 12.7. The molecule has 3 aromatic rings. The minimum absolute atomic E-state index is 0.270. The number of nitrogens with zero attached hydrogens (tertiary/aromatic N) is 2. The van der Waals surface area contributed by atoms with Crippen molar-refractivity contribution in [2.75, 3.05) is 12.4 Å². The van der Waals surface area contributed by atoms with Crippen LogP contribution in [0, 0.1) is 0 Å². The van der Waals surface area contributed by atoms with Crippen LogP contribution in [0.1, 0.15) is 31.4 Å². The van der Waals surface area contributed by atoms with Crippen LogP contribution in [0.15, 0.2) is 65.9 Å². The molecule has 132 valence electrons. The Morgan fingerprint density at radius 1 is 1.15 bits per heavy atom. The predicted octanol–water partition coefficient (Wildman–Crippen LogP) is 4.28. The number of imidazole rings is 1. The summed E-state index contributed by atoms with van der Waals surface area (Å²) in [4.78, 5) is 17.5. The van der Waals surface area contributed by atoms with Crippen molar-refractivity contribution in [3.05, 3.63) is 71.4 Å². The molecule has 4 rings (SSSR count). The fraction of sp³-hybridized carbons (Fsp3) is 0.238. The quantitative estimate of drug-likeness (QED) is 0.716. The van der Waals surface area contributed by atoms with Crippen LogP contribution < -0.4 is 5.32 Å². The number of esters is 1. The van der Waals surface area contributed by atoms with Crippen LogP contribution in [-0.4, -0.2) is 22.6 Å². The predicted molar refractivity (Wildman–Crippen MR) is 102 cm³/mol. The van der Waals surface area contributed by atoms with Gasteiger partial charge in [-0.3, -0.25) is 4.57 Å². The fourth-order valence-corrected chi connectivity index (χ4v) is 3.63. The van der Waals surface area contributed by atoms with E-state index in [9.17, 15) is 4.79 Å². The van der Waals surface area contributed by atoms with Crippen molar-refractivity contribution in [3.63, 3.8) is 0 Å². The zero-order valence-electron chi connectivity index (χ0n) is 14.9. The molecule has 1 atom stereocenters. The molecule has 5 nitrogen and oxygen atoms in total. The Balaban J connectivity index is 2.02. The lowest BCUT2D eigenvalue weighted by Gasteiger charge is -2.31. The van der Waals surface area contributed by atoms with E-state index < -0.39 is 0 Å². The Morgan fingerprint density at radius 3 is 2.62 bits per heavy atom. The van der Waals surface area contributed by atoms with Gasteiger partial charge in [0.05, 0.1) is 29.8 Å². The van der Waals surface area contributed by atoms with Gasteiger partial charge in [-0.05, 0) is 24.1 Å². The van der Waals surface area contributed by atoms with Crippen LogP contribution in [0.5, 0.6) is 0 Å². The van der Waals surface area contributed by atoms with E-state index in [1.165, 1.54) is 7.11 Å². The Hall–Kier alpha value is -3.08. The molecule has 2 heterocycles. The van der Waals surface area contributed by atoms with Gasteiger partial charge in [-0.2, -0.15) is 0 Å². The first-order valence-corrected chi connectivity index (χ1v) is 8.85. The van der Waals surface area contributed by atoms with E-state index in [0.717, 1.165) is 41.1 Å². The van der Waals surface area contributed by atoms with Gasteiger partial charge >= 0.3 is 5.97 Å². The largest absolute Gasteiger partial charge is 0.466 e. The van der Waals surface area contributed by atoms with E-state index in [4.69, 9.17) is 9.72 Å². The molecule has 1 aliphatic rings. The molecule has 0 saturated heterocycles. The van der Waals surface area contributed by atoms with Crippen molar-refractivity contribution in [2.24, 2.45) is 0 Å². The lowest BCUT2D eigenvalue weighted by molar-refractivity contribution is -0.136. The Kier molecular flexibility index (Phi) is 4.21. The van der Waals surface area contributed by atoms with Crippen molar-refractivity contribution in [1.29, 1.82) is 0 Å². The average molecular weight is 347 g/mol. The highest BCUT2D eigenvalue weighted by atomic mass is 16.5. The third-order valence-corrected chi connectivity index (χ3v) is 4.74. The average Bonchev–Trinajstić information content (AvgIpc) is 3.05. The second kappa shape index (κ2) is 6.67. The summed E-state index contributed by atoms with van der Waals surface area (Å²) >= 11 is 0. The minimum Gasteiger partial charge on any atom is -0.466 e. The maximum Gasteiger partial charge on any atom is 0.338 e. The second-order valence-corrected chi connectivity index (χ2v) is 6.37. The van der Waals surface area contributed by atoms with Gasteiger partial charge in [0, 0.05) is 5.70 Å². The van der Waals surface area contributed by atoms with E-state index in [1.807, 2.05) is 54.6 Å². The van der Waals surface area contributed by atoms with Crippen molar-refractivity contribution in [2.45, 2.75) is 25.8 Å². The molecule has 0 saturated carbocycles. The van der Waals surface area contributed by atoms with Crippen LogP contribution in [0.3, 0.4) is 0 Å². The minimum atomic E-state index is -0.307. The third kappa shape index (κ3) is 2.56. The third-order valence-electron chi connectivity index (χ3n) is 4.74. The van der Waals surface area contributed by atoms with Crippen LogP contribution in [0.4, 0.5) is 5.95 Å². The van der Waals surface area contributed by atoms with Crippen LogP contribution in [-0.2, 0) is 9.53 Å². The van der Waals surface area contributed by atoms with E-state index in [1.54, 1.807) is 0 Å². The maximum atomic E-state index is 12.7. The molecule has 0 unspecified atom stereocenters. The number of methoxy groups -OCH3 is 1. The first kappa shape index (κ1) is 16.4. The number of ether oxygens (including phenoxy) is 1. The van der Waals surface area contributed by atoms with Crippen molar-refractivity contribution in [3.8, 4) is 0 Å². The number of para-hydroxylation sites is 2. The Bertz CT molecular complexity index is 989. The number of fused-ring (bicyclic) bond motifs is 3. The van der Waals surface area contributed by atoms with E-state index in [2.05, 4.69) is 16.8 Å². The molecule has 0 bridgehead atoms. The van der Waals surface area contributed by atoms with E-state index in [-0.39, 0.29) is 12.0 Å². The number of hydrogen-bond acceptors (Lipinski definition) is 4. The van der Waals surface area contributed by atoms with Crippen LogP contribution in [0.2, 0.25) is 0 Å². The summed E-state index contributed by atoms with van der Waals surface area (Å²) in [5, 5.41) is 3.38. The highest BCUT2D eigenvalue weighted by Crippen LogP contribution is 2.40. The number of carbonyl (C=O) groups excluding carboxylic acids is 1. The number of nitrogens with one attached hydrogen (secondary N) is 1. The van der Waals surface area contributed by atoms with Crippen LogP contribution in [0.25, 0.3) is 11.0 Å². The molecule has 0 spiro atoms. The van der Waals surface area contributed by atoms with Gasteiger partial charge in [0.2, 0.25) is 5.95 Å². The molecule has 0 aliphatic carbocycles. The number of carbonyl (C=O) groups is 1. The van der Waals surface area contributed by atoms with Crippen molar-refractivity contribution >= 4 is 23.0 Å². The van der Waals surface area contributed by atoms with Gasteiger partial charge in [-0.25, -0.2) is 9.78 Å². The first-order chi connectivity index (χ1) is 12.7. The molecule has 1 aromatic heterocycles. The molecule has 5 heteroatoms. The number of anilines is 1. The topological polar surface area (TPSA) is 56.2 Å². The fourth-order valence-electron chi connectivity index (χ4n) is 3.63. The summed E-state index contributed by atoms with van der Waals surface area (Å²) in [5.74, 6) is 0.453. The van der Waals surface area contributed by atoms with Gasteiger partial charge in [-0.15, -0.1) is 0 Å². The zero-order chi connectivity index (χ0) is 18.1. The molecule has 26 heavy (non-hydrogen) atoms. The van der Waals surface area contributed by atoms with Gasteiger partial charge in [0.25, 0.3) is 0 Å². The van der Waals surface area contributed by atoms with Gasteiger partial charge < -0.3 is 10.1 Å². The van der Waals surface area contributed by atoms with Crippen molar-refractivity contribution in [1.82, 2.24) is 9.55 Å². The first-order valence-electron chi connectivity index (χ1n) is 8.85. The summed E-state index contributed by atoms with van der Waals surface area (Å²) in [6.45, 7) is 2.10. The highest BCUT2D eigenvalue weighted by molar-refractivity contribution is 5.94. The summed E-state index contributed by atoms with van der Waals surface area (Å²) in [6.07, 6.45) is 1.68. The van der Waals surface area contributed by atoms with Crippen molar-refractivity contribution < 1.29 is 9.53 Å². The molecular weight excluding hydrogens is 326 g/mol. The molecule has 1 N–H and O–H groups in total. The number of rotatable bonds is 4. The lowest BCUT2D eigenvalue weighted by Crippen LogP contribution is -2.29. The van der Waals surface area contributed by atoms with Gasteiger partial charge in [0.15, 0.2) is 0 Å². The molecule has 1 aliphatic heterocycles. The van der Waals surface area contributed by atoms with Crippen LogP contribution >= 0.6 is 0 Å². The Labute approximate surface area is 152 Å². The number of aromatic nitrogens is 2. The number of allylic oxidation sites excluding steroid dienone is 1. The number of benzene rings is 2. The molecule has 0 amide bonds. The van der Waals surface area contributed by atoms with Gasteiger partial charge in [-0.1, -0.05) is 55.8 Å².